The minimum absolute atomic E-state index is 0.0796. The zero-order chi connectivity index (χ0) is 15.8. The molecule has 0 saturated carbocycles. The maximum Gasteiger partial charge on any atom is 0.0721 e. The Hall–Kier alpha value is -2.23. The summed E-state index contributed by atoms with van der Waals surface area (Å²) in [5.74, 6) is -0.0796. The Morgan fingerprint density at radius 2 is 1.82 bits per heavy atom. The van der Waals surface area contributed by atoms with E-state index in [0.717, 1.165) is 16.7 Å². The molecule has 114 valence electrons. The van der Waals surface area contributed by atoms with Crippen molar-refractivity contribution < 1.29 is 4.74 Å². The van der Waals surface area contributed by atoms with Crippen molar-refractivity contribution in [3.05, 3.63) is 83.9 Å². The summed E-state index contributed by atoms with van der Waals surface area (Å²) in [5, 5.41) is 8.44. The van der Waals surface area contributed by atoms with Gasteiger partial charge in [0.25, 0.3) is 0 Å². The van der Waals surface area contributed by atoms with Gasteiger partial charge in [0.1, 0.15) is 0 Å². The van der Waals surface area contributed by atoms with Crippen molar-refractivity contribution in [3.8, 4) is 0 Å². The first-order valence-corrected chi connectivity index (χ1v) is 7.37. The van der Waals surface area contributed by atoms with Gasteiger partial charge in [-0.15, -0.1) is 6.58 Å². The average molecular weight is 294 g/mol. The van der Waals surface area contributed by atoms with E-state index in [0.29, 0.717) is 25.5 Å². The van der Waals surface area contributed by atoms with Gasteiger partial charge in [-0.3, -0.25) is 0 Å². The highest BCUT2D eigenvalue weighted by molar-refractivity contribution is 6.03. The number of hydrogen-bond acceptors (Lipinski definition) is 3. The predicted molar refractivity (Wildman–Crippen MR) is 91.4 cm³/mol. The third-order valence-corrected chi connectivity index (χ3v) is 3.56. The molecule has 3 heteroatoms. The lowest BCUT2D eigenvalue weighted by molar-refractivity contribution is 0.149. The molecule has 1 unspecified atom stereocenters. The Morgan fingerprint density at radius 1 is 1.14 bits per heavy atom. The number of nitrogens with one attached hydrogen (secondary N) is 1. The lowest BCUT2D eigenvalue weighted by Crippen LogP contribution is -2.21. The largest absolute Gasteiger partial charge is 0.373 e. The standard InChI is InChI=1S/C19H22N2O/c1-2-12-22-14-15-8-10-17(11-9-15)19(21)18(13-20)16-6-4-3-5-7-16/h2-11,18,21H,1,12-14,20H2. The lowest BCUT2D eigenvalue weighted by Gasteiger charge is -2.17. The van der Waals surface area contributed by atoms with Gasteiger partial charge in [0, 0.05) is 18.2 Å². The van der Waals surface area contributed by atoms with Crippen LogP contribution in [0.5, 0.6) is 0 Å². The van der Waals surface area contributed by atoms with Crippen molar-refractivity contribution in [2.45, 2.75) is 12.5 Å². The van der Waals surface area contributed by atoms with Crippen LogP contribution in [0.25, 0.3) is 0 Å². The topological polar surface area (TPSA) is 59.1 Å². The Labute approximate surface area is 131 Å². The monoisotopic (exact) mass is 294 g/mol. The molecule has 0 aliphatic heterocycles. The summed E-state index contributed by atoms with van der Waals surface area (Å²) in [6, 6.07) is 17.9. The van der Waals surface area contributed by atoms with E-state index in [2.05, 4.69) is 6.58 Å². The van der Waals surface area contributed by atoms with Crippen LogP contribution >= 0.6 is 0 Å². The third-order valence-electron chi connectivity index (χ3n) is 3.56. The quantitative estimate of drug-likeness (QED) is 0.445. The Kier molecular flexibility index (Phi) is 6.07. The summed E-state index contributed by atoms with van der Waals surface area (Å²) >= 11 is 0. The first kappa shape index (κ1) is 16.1. The van der Waals surface area contributed by atoms with Gasteiger partial charge in [-0.2, -0.15) is 0 Å². The van der Waals surface area contributed by atoms with E-state index in [-0.39, 0.29) is 5.92 Å². The Morgan fingerprint density at radius 3 is 2.41 bits per heavy atom. The first-order valence-electron chi connectivity index (χ1n) is 7.37. The molecular formula is C19H22N2O. The number of hydrogen-bond donors (Lipinski definition) is 2. The van der Waals surface area contributed by atoms with Crippen molar-refractivity contribution in [1.82, 2.24) is 0 Å². The number of nitrogens with two attached hydrogens (primary N) is 1. The fraction of sp³-hybridized carbons (Fsp3) is 0.211. The molecule has 0 spiro atoms. The summed E-state index contributed by atoms with van der Waals surface area (Å²) in [7, 11) is 0. The normalized spacial score (nSPS) is 11.9. The van der Waals surface area contributed by atoms with Gasteiger partial charge >= 0.3 is 0 Å². The van der Waals surface area contributed by atoms with Gasteiger partial charge < -0.3 is 15.9 Å². The van der Waals surface area contributed by atoms with Crippen molar-refractivity contribution in [3.63, 3.8) is 0 Å². The molecule has 2 aromatic rings. The molecule has 3 N–H and O–H groups in total. The van der Waals surface area contributed by atoms with Crippen LogP contribution in [0.2, 0.25) is 0 Å². The molecular weight excluding hydrogens is 272 g/mol. The van der Waals surface area contributed by atoms with Gasteiger partial charge in [0.05, 0.1) is 13.2 Å². The zero-order valence-electron chi connectivity index (χ0n) is 12.7. The number of benzene rings is 2. The van der Waals surface area contributed by atoms with E-state index < -0.39 is 0 Å². The molecule has 1 atom stereocenters. The van der Waals surface area contributed by atoms with Crippen LogP contribution in [0.15, 0.2) is 67.3 Å². The van der Waals surface area contributed by atoms with Crippen LogP contribution < -0.4 is 5.73 Å². The molecule has 2 rings (SSSR count). The molecule has 0 aliphatic rings. The highest BCUT2D eigenvalue weighted by Crippen LogP contribution is 2.20. The van der Waals surface area contributed by atoms with Gasteiger partial charge in [-0.05, 0) is 16.7 Å². The SMILES string of the molecule is C=CCOCc1ccc(C(=N)C(CN)c2ccccc2)cc1. The molecule has 0 fully saturated rings. The molecule has 0 heterocycles. The van der Waals surface area contributed by atoms with Crippen LogP contribution in [-0.4, -0.2) is 18.9 Å². The Balaban J connectivity index is 2.09. The summed E-state index contributed by atoms with van der Waals surface area (Å²) in [6.07, 6.45) is 1.73. The van der Waals surface area contributed by atoms with E-state index in [1.54, 1.807) is 6.08 Å². The summed E-state index contributed by atoms with van der Waals surface area (Å²) in [5.41, 5.74) is 9.49. The van der Waals surface area contributed by atoms with Gasteiger partial charge in [-0.1, -0.05) is 60.7 Å². The van der Waals surface area contributed by atoms with Crippen LogP contribution in [-0.2, 0) is 11.3 Å². The lowest BCUT2D eigenvalue weighted by atomic mass is 9.90. The van der Waals surface area contributed by atoms with Crippen molar-refractivity contribution >= 4 is 5.71 Å². The van der Waals surface area contributed by atoms with E-state index in [1.807, 2.05) is 54.6 Å². The maximum absolute atomic E-state index is 8.44. The molecule has 0 radical (unpaired) electrons. The van der Waals surface area contributed by atoms with Crippen LogP contribution in [0.4, 0.5) is 0 Å². The van der Waals surface area contributed by atoms with Crippen LogP contribution in [0, 0.1) is 5.41 Å². The number of rotatable bonds is 8. The molecule has 0 amide bonds. The molecule has 2 aromatic carbocycles. The molecule has 0 aliphatic carbocycles. The van der Waals surface area contributed by atoms with Gasteiger partial charge in [0.2, 0.25) is 0 Å². The molecule has 3 nitrogen and oxygen atoms in total. The fourth-order valence-corrected chi connectivity index (χ4v) is 2.35. The highest BCUT2D eigenvalue weighted by atomic mass is 16.5. The third kappa shape index (κ3) is 4.13. The minimum atomic E-state index is -0.0796. The highest BCUT2D eigenvalue weighted by Gasteiger charge is 2.16. The van der Waals surface area contributed by atoms with Crippen LogP contribution in [0.1, 0.15) is 22.6 Å². The van der Waals surface area contributed by atoms with Gasteiger partial charge in [-0.25, -0.2) is 0 Å². The fourth-order valence-electron chi connectivity index (χ4n) is 2.35. The van der Waals surface area contributed by atoms with E-state index >= 15 is 0 Å². The Bertz CT molecular complexity index is 605. The van der Waals surface area contributed by atoms with Crippen molar-refractivity contribution in [1.29, 1.82) is 5.41 Å². The zero-order valence-corrected chi connectivity index (χ0v) is 12.7. The smallest absolute Gasteiger partial charge is 0.0721 e. The van der Waals surface area contributed by atoms with Crippen LogP contribution in [0.3, 0.4) is 0 Å². The minimum Gasteiger partial charge on any atom is -0.373 e. The molecule has 0 saturated heterocycles. The van der Waals surface area contributed by atoms with Crippen molar-refractivity contribution in [2.24, 2.45) is 5.73 Å². The second-order valence-electron chi connectivity index (χ2n) is 5.11. The first-order chi connectivity index (χ1) is 10.8. The molecule has 0 bridgehead atoms. The summed E-state index contributed by atoms with van der Waals surface area (Å²) in [4.78, 5) is 0. The second kappa shape index (κ2) is 8.27. The maximum atomic E-state index is 8.44. The average Bonchev–Trinajstić information content (AvgIpc) is 2.57. The van der Waals surface area contributed by atoms with E-state index in [4.69, 9.17) is 15.9 Å². The van der Waals surface area contributed by atoms with E-state index in [9.17, 15) is 0 Å². The predicted octanol–water partition coefficient (Wildman–Crippen LogP) is 3.50. The summed E-state index contributed by atoms with van der Waals surface area (Å²) in [6.45, 7) is 5.14. The van der Waals surface area contributed by atoms with E-state index in [1.165, 1.54) is 0 Å². The van der Waals surface area contributed by atoms with Gasteiger partial charge in [0.15, 0.2) is 0 Å². The van der Waals surface area contributed by atoms with Crippen molar-refractivity contribution in [2.75, 3.05) is 13.2 Å². The molecule has 0 aromatic heterocycles. The molecule has 22 heavy (non-hydrogen) atoms. The second-order valence-corrected chi connectivity index (χ2v) is 5.11. The number of ether oxygens (including phenoxy) is 1. The summed E-state index contributed by atoms with van der Waals surface area (Å²) < 4.78 is 5.42.